The molecule has 1 heterocycles. The number of hydrogen-bond donors (Lipinski definition) is 2. The number of amides is 1. The number of methoxy groups -OCH3 is 1. The molecule has 1 aliphatic heterocycles. The second kappa shape index (κ2) is 10.4. The quantitative estimate of drug-likeness (QED) is 0.551. The van der Waals surface area contributed by atoms with Crippen LogP contribution in [0.25, 0.3) is 0 Å². The largest absolute Gasteiger partial charge is 0.492 e. The fourth-order valence-electron chi connectivity index (χ4n) is 3.92. The molecule has 1 unspecified atom stereocenters. The predicted molar refractivity (Wildman–Crippen MR) is 111 cm³/mol. The third-order valence-corrected chi connectivity index (χ3v) is 5.60. The summed E-state index contributed by atoms with van der Waals surface area (Å²) < 4.78 is 91.1. The maximum absolute atomic E-state index is 13.7. The Labute approximate surface area is 196 Å². The van der Waals surface area contributed by atoms with Crippen molar-refractivity contribution < 1.29 is 40.6 Å². The highest BCUT2D eigenvalue weighted by Gasteiger charge is 2.51. The van der Waals surface area contributed by atoms with Crippen LogP contribution in [0.4, 0.5) is 31.1 Å². The zero-order valence-electron chi connectivity index (χ0n) is 18.3. The highest BCUT2D eigenvalue weighted by molar-refractivity contribution is 5.66. The molecule has 0 aliphatic carbocycles. The van der Waals surface area contributed by atoms with Crippen molar-refractivity contribution in [3.8, 4) is 11.8 Å². The van der Waals surface area contributed by atoms with Crippen molar-refractivity contribution in [2.45, 2.75) is 43.3 Å². The number of nitriles is 1. The highest BCUT2D eigenvalue weighted by Crippen LogP contribution is 2.42. The number of benzene rings is 2. The topological polar surface area (TPSA) is 83.4 Å². The molecular formula is C23H21F6N3O3. The first-order valence-electron chi connectivity index (χ1n) is 10.4. The van der Waals surface area contributed by atoms with Crippen LogP contribution in [0, 0.1) is 11.3 Å². The van der Waals surface area contributed by atoms with E-state index < -0.39 is 47.6 Å². The van der Waals surface area contributed by atoms with Crippen molar-refractivity contribution in [2.24, 2.45) is 0 Å². The lowest BCUT2D eigenvalue weighted by Crippen LogP contribution is -2.44. The van der Waals surface area contributed by atoms with Gasteiger partial charge in [0, 0.05) is 18.5 Å². The number of nitrogens with zero attached hydrogens (tertiary/aromatic N) is 1. The summed E-state index contributed by atoms with van der Waals surface area (Å²) in [6.45, 7) is 0.0574. The van der Waals surface area contributed by atoms with Gasteiger partial charge in [-0.2, -0.15) is 31.6 Å². The molecule has 3 atom stereocenters. The Morgan fingerprint density at radius 1 is 1.14 bits per heavy atom. The molecular weight excluding hydrogens is 480 g/mol. The van der Waals surface area contributed by atoms with E-state index in [1.807, 2.05) is 0 Å². The molecule has 6 nitrogen and oxygen atoms in total. The van der Waals surface area contributed by atoms with Crippen molar-refractivity contribution in [1.82, 2.24) is 10.6 Å². The van der Waals surface area contributed by atoms with Crippen molar-refractivity contribution >= 4 is 6.09 Å². The molecule has 0 saturated carbocycles. The number of rotatable bonds is 6. The van der Waals surface area contributed by atoms with Gasteiger partial charge >= 0.3 is 18.4 Å². The predicted octanol–water partition coefficient (Wildman–Crippen LogP) is 4.89. The van der Waals surface area contributed by atoms with Crippen molar-refractivity contribution in [3.05, 3.63) is 64.7 Å². The van der Waals surface area contributed by atoms with E-state index in [-0.39, 0.29) is 25.1 Å². The van der Waals surface area contributed by atoms with Gasteiger partial charge in [-0.1, -0.05) is 18.2 Å². The van der Waals surface area contributed by atoms with Gasteiger partial charge in [-0.15, -0.1) is 0 Å². The lowest BCUT2D eigenvalue weighted by atomic mass is 9.88. The molecule has 2 aromatic carbocycles. The molecule has 1 aliphatic rings. The zero-order valence-corrected chi connectivity index (χ0v) is 18.3. The highest BCUT2D eigenvalue weighted by atomic mass is 19.4. The van der Waals surface area contributed by atoms with Gasteiger partial charge in [0.25, 0.3) is 0 Å². The number of nitrogens with one attached hydrogen (secondary N) is 2. The third kappa shape index (κ3) is 6.57. The number of hydrogen-bond acceptors (Lipinski definition) is 5. The summed E-state index contributed by atoms with van der Waals surface area (Å²) in [6, 6.07) is 7.69. The molecule has 12 heteroatoms. The first-order chi connectivity index (χ1) is 16.4. The van der Waals surface area contributed by atoms with Crippen LogP contribution < -0.4 is 15.4 Å². The van der Waals surface area contributed by atoms with E-state index >= 15 is 0 Å². The summed E-state index contributed by atoms with van der Waals surface area (Å²) in [4.78, 5) is 11.1. The monoisotopic (exact) mass is 501 g/mol. The van der Waals surface area contributed by atoms with Gasteiger partial charge in [0.05, 0.1) is 24.3 Å². The second-order valence-corrected chi connectivity index (χ2v) is 7.94. The van der Waals surface area contributed by atoms with E-state index in [9.17, 15) is 31.1 Å². The first-order valence-corrected chi connectivity index (χ1v) is 10.4. The van der Waals surface area contributed by atoms with Crippen molar-refractivity contribution in [1.29, 1.82) is 5.26 Å². The SMILES string of the molecule is COC(=O)NCc1ccc(OC[C@@H]2CC(c3ccc(C#N)c(C(F)(F)F)c3)[C@H](C(F)(F)F)N2)cc1. The minimum atomic E-state index is -4.87. The lowest BCUT2D eigenvalue weighted by molar-refractivity contribution is -0.156. The summed E-state index contributed by atoms with van der Waals surface area (Å²) >= 11 is 0. The number of halogens is 6. The molecule has 2 N–H and O–H groups in total. The fraction of sp³-hybridized carbons (Fsp3) is 0.391. The normalized spacial score (nSPS) is 20.2. The van der Waals surface area contributed by atoms with Crippen LogP contribution in [-0.2, 0) is 17.5 Å². The Hall–Kier alpha value is -3.46. The molecule has 1 amide bonds. The average Bonchev–Trinajstić information content (AvgIpc) is 3.26. The Bertz CT molecular complexity index is 1080. The van der Waals surface area contributed by atoms with Crippen molar-refractivity contribution in [3.63, 3.8) is 0 Å². The van der Waals surface area contributed by atoms with Crippen LogP contribution in [0.2, 0.25) is 0 Å². The van der Waals surface area contributed by atoms with Crippen LogP contribution >= 0.6 is 0 Å². The van der Waals surface area contributed by atoms with Crippen LogP contribution in [0.5, 0.6) is 5.75 Å². The van der Waals surface area contributed by atoms with E-state index in [1.165, 1.54) is 13.2 Å². The van der Waals surface area contributed by atoms with E-state index in [2.05, 4.69) is 15.4 Å². The Balaban J connectivity index is 1.71. The van der Waals surface area contributed by atoms with E-state index in [1.54, 1.807) is 24.3 Å². The molecule has 3 rings (SSSR count). The second-order valence-electron chi connectivity index (χ2n) is 7.94. The number of alkyl carbamates (subject to hydrolysis) is 1. The molecule has 1 fully saturated rings. The first kappa shape index (κ1) is 26.2. The standard InChI is InChI=1S/C23H21F6N3O3/c1-34-21(33)31-11-13-2-6-17(7-3-13)35-12-16-9-18(20(32-16)23(27,28)29)14-4-5-15(10-30)19(8-14)22(24,25)26/h2-8,16,18,20,32H,9,11-12H2,1H3,(H,31,33)/t16-,18?,20+/m0/s1. The van der Waals surface area contributed by atoms with Crippen LogP contribution in [0.3, 0.4) is 0 Å². The molecule has 35 heavy (non-hydrogen) atoms. The van der Waals surface area contributed by atoms with Gasteiger partial charge in [0.1, 0.15) is 18.4 Å². The van der Waals surface area contributed by atoms with Crippen molar-refractivity contribution in [2.75, 3.05) is 13.7 Å². The zero-order chi connectivity index (χ0) is 25.8. The fourth-order valence-corrected chi connectivity index (χ4v) is 3.92. The Kier molecular flexibility index (Phi) is 7.80. The maximum atomic E-state index is 13.7. The van der Waals surface area contributed by atoms with E-state index in [0.717, 1.165) is 17.7 Å². The van der Waals surface area contributed by atoms with E-state index in [0.29, 0.717) is 11.8 Å². The van der Waals surface area contributed by atoms with Gasteiger partial charge in [-0.05, 0) is 41.8 Å². The number of carbonyl (C=O) groups excluding carboxylic acids is 1. The van der Waals surface area contributed by atoms with Gasteiger partial charge in [0.15, 0.2) is 0 Å². The van der Waals surface area contributed by atoms with Gasteiger partial charge < -0.3 is 14.8 Å². The minimum Gasteiger partial charge on any atom is -0.492 e. The van der Waals surface area contributed by atoms with Gasteiger partial charge in [0.2, 0.25) is 0 Å². The summed E-state index contributed by atoms with van der Waals surface area (Å²) in [5.41, 5.74) is -1.34. The maximum Gasteiger partial charge on any atom is 0.417 e. The Morgan fingerprint density at radius 2 is 1.83 bits per heavy atom. The summed E-state index contributed by atoms with van der Waals surface area (Å²) in [5, 5.41) is 13.9. The summed E-state index contributed by atoms with van der Waals surface area (Å²) in [5.74, 6) is -0.914. The van der Waals surface area contributed by atoms with Crippen LogP contribution in [-0.4, -0.2) is 38.1 Å². The number of carbonyl (C=O) groups is 1. The van der Waals surface area contributed by atoms with Gasteiger partial charge in [-0.3, -0.25) is 5.32 Å². The smallest absolute Gasteiger partial charge is 0.417 e. The molecule has 2 aromatic rings. The van der Waals surface area contributed by atoms with Crippen LogP contribution in [0.1, 0.15) is 34.6 Å². The minimum absolute atomic E-state index is 0.117. The van der Waals surface area contributed by atoms with E-state index in [4.69, 9.17) is 10.00 Å². The molecule has 0 spiro atoms. The number of ether oxygens (including phenoxy) is 2. The third-order valence-electron chi connectivity index (χ3n) is 5.60. The number of alkyl halides is 6. The molecule has 1 saturated heterocycles. The Morgan fingerprint density at radius 3 is 2.40 bits per heavy atom. The summed E-state index contributed by atoms with van der Waals surface area (Å²) in [7, 11) is 1.23. The molecule has 0 bridgehead atoms. The summed E-state index contributed by atoms with van der Waals surface area (Å²) in [6.07, 6.45) is -10.3. The lowest BCUT2D eigenvalue weighted by Gasteiger charge is -2.23. The van der Waals surface area contributed by atoms with Crippen LogP contribution in [0.15, 0.2) is 42.5 Å². The molecule has 0 radical (unpaired) electrons. The average molecular weight is 501 g/mol. The van der Waals surface area contributed by atoms with Gasteiger partial charge in [-0.25, -0.2) is 4.79 Å². The molecule has 188 valence electrons. The molecule has 0 aromatic heterocycles.